The number of rotatable bonds is 3. The zero-order valence-corrected chi connectivity index (χ0v) is 17.2. The summed E-state index contributed by atoms with van der Waals surface area (Å²) in [5.74, 6) is 0.601. The number of allylic oxidation sites excluding steroid dienone is 4. The summed E-state index contributed by atoms with van der Waals surface area (Å²) in [5.41, 5.74) is 7.90. The van der Waals surface area contributed by atoms with E-state index in [-0.39, 0.29) is 0 Å². The molecule has 0 aliphatic heterocycles. The summed E-state index contributed by atoms with van der Waals surface area (Å²) in [7, 11) is 0. The largest absolute Gasteiger partial charge is 0.310 e. The maximum atomic E-state index is 2.45. The Morgan fingerprint density at radius 3 is 2.59 bits per heavy atom. The van der Waals surface area contributed by atoms with Gasteiger partial charge in [0.1, 0.15) is 0 Å². The van der Waals surface area contributed by atoms with Gasteiger partial charge in [-0.2, -0.15) is 0 Å². The molecule has 0 heterocycles. The first-order valence-corrected chi connectivity index (χ1v) is 10.7. The van der Waals surface area contributed by atoms with E-state index < -0.39 is 0 Å². The zero-order chi connectivity index (χ0) is 19.8. The number of anilines is 2. The van der Waals surface area contributed by atoms with Crippen molar-refractivity contribution < 1.29 is 0 Å². The average Bonchev–Trinajstić information content (AvgIpc) is 2.76. The Kier molecular flexibility index (Phi) is 4.60. The molecule has 0 saturated carbocycles. The van der Waals surface area contributed by atoms with Crippen LogP contribution in [0.2, 0.25) is 0 Å². The Morgan fingerprint density at radius 1 is 0.966 bits per heavy atom. The molecule has 3 aromatic rings. The van der Waals surface area contributed by atoms with Gasteiger partial charge in [-0.25, -0.2) is 0 Å². The van der Waals surface area contributed by atoms with E-state index in [0.717, 1.165) is 19.3 Å². The average molecular weight is 378 g/mol. The fraction of sp³-hybridized carbons (Fsp3) is 0.214. The maximum absolute atomic E-state index is 2.45. The van der Waals surface area contributed by atoms with E-state index in [4.69, 9.17) is 0 Å². The molecule has 29 heavy (non-hydrogen) atoms. The van der Waals surface area contributed by atoms with Gasteiger partial charge in [-0.05, 0) is 72.7 Å². The van der Waals surface area contributed by atoms with E-state index in [1.54, 1.807) is 0 Å². The minimum Gasteiger partial charge on any atom is -0.310 e. The van der Waals surface area contributed by atoms with Crippen LogP contribution in [-0.2, 0) is 6.42 Å². The van der Waals surface area contributed by atoms with Crippen LogP contribution in [0.4, 0.5) is 11.4 Å². The molecule has 0 amide bonds. The zero-order valence-electron chi connectivity index (χ0n) is 17.2. The summed E-state index contributed by atoms with van der Waals surface area (Å²) in [6.45, 7) is 4.43. The molecule has 0 fully saturated rings. The minimum absolute atomic E-state index is 0.601. The Morgan fingerprint density at radius 2 is 1.79 bits per heavy atom. The Balaban J connectivity index is 1.77. The molecule has 2 aliphatic rings. The second kappa shape index (κ2) is 7.40. The molecule has 0 spiro atoms. The fourth-order valence-electron chi connectivity index (χ4n) is 4.49. The van der Waals surface area contributed by atoms with Crippen LogP contribution in [0.5, 0.6) is 0 Å². The van der Waals surface area contributed by atoms with Crippen molar-refractivity contribution in [1.29, 1.82) is 0 Å². The van der Waals surface area contributed by atoms with Crippen molar-refractivity contribution in [3.05, 3.63) is 101 Å². The third-order valence-corrected chi connectivity index (χ3v) is 6.11. The summed E-state index contributed by atoms with van der Waals surface area (Å²) in [6.07, 6.45) is 15.0. The van der Waals surface area contributed by atoms with Gasteiger partial charge in [0, 0.05) is 16.9 Å². The van der Waals surface area contributed by atoms with Crippen molar-refractivity contribution >= 4 is 28.2 Å². The topological polar surface area (TPSA) is 3.24 Å². The number of hydrogen-bond donors (Lipinski definition) is 0. The van der Waals surface area contributed by atoms with E-state index in [1.165, 1.54) is 44.5 Å². The van der Waals surface area contributed by atoms with Gasteiger partial charge in [0.05, 0.1) is 5.69 Å². The van der Waals surface area contributed by atoms with Gasteiger partial charge in [0.15, 0.2) is 0 Å². The first-order chi connectivity index (χ1) is 14.2. The third kappa shape index (κ3) is 3.31. The van der Waals surface area contributed by atoms with Crippen molar-refractivity contribution in [3.8, 4) is 0 Å². The summed E-state index contributed by atoms with van der Waals surface area (Å²) in [6, 6.07) is 20.1. The van der Waals surface area contributed by atoms with Crippen molar-refractivity contribution in [2.75, 3.05) is 4.90 Å². The summed E-state index contributed by atoms with van der Waals surface area (Å²) < 4.78 is 0. The number of aryl methyl sites for hydroxylation is 2. The van der Waals surface area contributed by atoms with E-state index in [9.17, 15) is 0 Å². The lowest BCUT2D eigenvalue weighted by Gasteiger charge is -2.32. The van der Waals surface area contributed by atoms with Gasteiger partial charge in [0.2, 0.25) is 0 Å². The summed E-state index contributed by atoms with van der Waals surface area (Å²) in [4.78, 5) is 2.45. The Bertz CT molecular complexity index is 1140. The van der Waals surface area contributed by atoms with Crippen molar-refractivity contribution in [3.63, 3.8) is 0 Å². The van der Waals surface area contributed by atoms with Crippen molar-refractivity contribution in [2.45, 2.75) is 33.1 Å². The molecule has 1 heteroatoms. The van der Waals surface area contributed by atoms with Crippen LogP contribution >= 0.6 is 0 Å². The second-order valence-corrected chi connectivity index (χ2v) is 8.32. The van der Waals surface area contributed by atoms with Gasteiger partial charge in [-0.15, -0.1) is 0 Å². The normalized spacial score (nSPS) is 17.9. The smallest absolute Gasteiger partial charge is 0.0542 e. The summed E-state index contributed by atoms with van der Waals surface area (Å²) >= 11 is 0. The molecule has 0 N–H and O–H groups in total. The SMILES string of the molecule is Cc1ccc(N(C2=CCC(C)C=C2)c2cc3ccccc3c3c2C=CCC3)cc1. The monoisotopic (exact) mass is 377 g/mol. The van der Waals surface area contributed by atoms with Gasteiger partial charge < -0.3 is 4.90 Å². The van der Waals surface area contributed by atoms with E-state index >= 15 is 0 Å². The molecular weight excluding hydrogens is 350 g/mol. The predicted octanol–water partition coefficient (Wildman–Crippen LogP) is 7.73. The van der Waals surface area contributed by atoms with Crippen LogP contribution < -0.4 is 4.90 Å². The maximum Gasteiger partial charge on any atom is 0.0542 e. The first kappa shape index (κ1) is 18.0. The van der Waals surface area contributed by atoms with Gasteiger partial charge >= 0.3 is 0 Å². The predicted molar refractivity (Wildman–Crippen MR) is 126 cm³/mol. The summed E-state index contributed by atoms with van der Waals surface area (Å²) in [5, 5.41) is 2.71. The van der Waals surface area contributed by atoms with E-state index in [1.807, 2.05) is 0 Å². The lowest BCUT2D eigenvalue weighted by Crippen LogP contribution is -2.19. The van der Waals surface area contributed by atoms with E-state index in [2.05, 4.69) is 104 Å². The molecule has 0 radical (unpaired) electrons. The quantitative estimate of drug-likeness (QED) is 0.451. The van der Waals surface area contributed by atoms with Crippen molar-refractivity contribution in [2.24, 2.45) is 5.92 Å². The molecule has 1 unspecified atom stereocenters. The first-order valence-electron chi connectivity index (χ1n) is 10.7. The van der Waals surface area contributed by atoms with Crippen LogP contribution in [0.3, 0.4) is 0 Å². The van der Waals surface area contributed by atoms with Crippen LogP contribution in [0.25, 0.3) is 16.8 Å². The fourth-order valence-corrected chi connectivity index (χ4v) is 4.49. The molecular formula is C28H27N. The molecule has 2 aliphatic carbocycles. The highest BCUT2D eigenvalue weighted by atomic mass is 15.1. The number of fused-ring (bicyclic) bond motifs is 3. The molecule has 144 valence electrons. The minimum atomic E-state index is 0.601. The molecule has 0 bridgehead atoms. The van der Waals surface area contributed by atoms with Gasteiger partial charge in [-0.3, -0.25) is 0 Å². The highest BCUT2D eigenvalue weighted by Gasteiger charge is 2.22. The Labute approximate surface area is 173 Å². The van der Waals surface area contributed by atoms with E-state index in [0.29, 0.717) is 5.92 Å². The molecule has 1 nitrogen and oxygen atoms in total. The standard InChI is InChI=1S/C28H27N/c1-20-11-15-23(16-12-20)29(24-17-13-21(2)14-18-24)28-19-22-7-3-4-8-25(22)26-9-5-6-10-27(26)28/h3-4,6-8,10-13,15-19,21H,5,9,14H2,1-2H3. The number of nitrogens with zero attached hydrogens (tertiary/aromatic N) is 1. The van der Waals surface area contributed by atoms with Gasteiger partial charge in [-0.1, -0.05) is 73.2 Å². The molecule has 3 aromatic carbocycles. The molecule has 0 aromatic heterocycles. The Hall–Kier alpha value is -3.06. The molecule has 1 atom stereocenters. The van der Waals surface area contributed by atoms with Gasteiger partial charge in [0.25, 0.3) is 0 Å². The lowest BCUT2D eigenvalue weighted by atomic mass is 9.89. The van der Waals surface area contributed by atoms with Crippen LogP contribution in [0, 0.1) is 12.8 Å². The lowest BCUT2D eigenvalue weighted by molar-refractivity contribution is 0.728. The van der Waals surface area contributed by atoms with Crippen LogP contribution in [0.1, 0.15) is 36.5 Å². The highest BCUT2D eigenvalue weighted by Crippen LogP contribution is 2.41. The third-order valence-electron chi connectivity index (χ3n) is 6.11. The second-order valence-electron chi connectivity index (χ2n) is 8.32. The number of hydrogen-bond acceptors (Lipinski definition) is 1. The van der Waals surface area contributed by atoms with Crippen LogP contribution in [-0.4, -0.2) is 0 Å². The molecule has 5 rings (SSSR count). The van der Waals surface area contributed by atoms with Crippen LogP contribution in [0.15, 0.2) is 84.6 Å². The highest BCUT2D eigenvalue weighted by molar-refractivity contribution is 5.96. The van der Waals surface area contributed by atoms with Crippen molar-refractivity contribution in [1.82, 2.24) is 0 Å². The molecule has 0 saturated heterocycles. The number of benzene rings is 3.